The molecule has 2 aromatic rings. The van der Waals surface area contributed by atoms with Crippen molar-refractivity contribution in [2.24, 2.45) is 5.92 Å². The Kier molecular flexibility index (Phi) is 4.70. The second-order valence-electron chi connectivity index (χ2n) is 6.49. The van der Waals surface area contributed by atoms with Crippen LogP contribution in [0.1, 0.15) is 12.0 Å². The van der Waals surface area contributed by atoms with E-state index in [9.17, 15) is 4.39 Å². The average molecular weight is 344 g/mol. The lowest BCUT2D eigenvalue weighted by molar-refractivity contribution is 0.171. The van der Waals surface area contributed by atoms with Crippen LogP contribution in [0.2, 0.25) is 0 Å². The summed E-state index contributed by atoms with van der Waals surface area (Å²) in [4.78, 5) is 6.34. The SMILES string of the molecule is Fc1ccc(OCC2CCN(Cc3ccc4c(c3)OCCO4)C2)nc1. The Bertz CT molecular complexity index is 723. The molecule has 132 valence electrons. The van der Waals surface area contributed by atoms with Gasteiger partial charge in [-0.25, -0.2) is 9.37 Å². The van der Waals surface area contributed by atoms with Crippen LogP contribution in [0.25, 0.3) is 0 Å². The highest BCUT2D eigenvalue weighted by molar-refractivity contribution is 5.43. The van der Waals surface area contributed by atoms with Crippen molar-refractivity contribution >= 4 is 0 Å². The van der Waals surface area contributed by atoms with Gasteiger partial charge in [0, 0.05) is 25.1 Å². The molecule has 1 fully saturated rings. The molecule has 1 unspecified atom stereocenters. The summed E-state index contributed by atoms with van der Waals surface area (Å²) in [6.45, 7) is 4.74. The van der Waals surface area contributed by atoms with Crippen LogP contribution in [0, 0.1) is 11.7 Å². The van der Waals surface area contributed by atoms with Gasteiger partial charge in [-0.2, -0.15) is 0 Å². The van der Waals surface area contributed by atoms with Gasteiger partial charge < -0.3 is 14.2 Å². The number of nitrogens with zero attached hydrogens (tertiary/aromatic N) is 2. The molecule has 3 heterocycles. The predicted octanol–water partition coefficient (Wildman–Crippen LogP) is 2.89. The minimum Gasteiger partial charge on any atom is -0.486 e. The Morgan fingerprint density at radius 3 is 2.88 bits per heavy atom. The Morgan fingerprint density at radius 1 is 1.16 bits per heavy atom. The van der Waals surface area contributed by atoms with E-state index in [1.54, 1.807) is 6.07 Å². The maximum atomic E-state index is 12.9. The summed E-state index contributed by atoms with van der Waals surface area (Å²) in [5.74, 6) is 2.26. The van der Waals surface area contributed by atoms with E-state index in [1.807, 2.05) is 6.07 Å². The summed E-state index contributed by atoms with van der Waals surface area (Å²) >= 11 is 0. The molecule has 1 saturated heterocycles. The summed E-state index contributed by atoms with van der Waals surface area (Å²) < 4.78 is 29.7. The summed E-state index contributed by atoms with van der Waals surface area (Å²) in [7, 11) is 0. The highest BCUT2D eigenvalue weighted by atomic mass is 19.1. The number of aromatic nitrogens is 1. The lowest BCUT2D eigenvalue weighted by atomic mass is 10.1. The molecule has 6 heteroatoms. The normalized spacial score (nSPS) is 19.8. The minimum absolute atomic E-state index is 0.348. The zero-order valence-electron chi connectivity index (χ0n) is 14.0. The molecule has 5 nitrogen and oxygen atoms in total. The monoisotopic (exact) mass is 344 g/mol. The highest BCUT2D eigenvalue weighted by Crippen LogP contribution is 2.31. The molecule has 0 aliphatic carbocycles. The van der Waals surface area contributed by atoms with E-state index in [0.717, 1.165) is 37.6 Å². The number of benzene rings is 1. The molecule has 1 aromatic carbocycles. The zero-order chi connectivity index (χ0) is 17.1. The summed E-state index contributed by atoms with van der Waals surface area (Å²) in [5.41, 5.74) is 1.23. The molecule has 4 rings (SSSR count). The van der Waals surface area contributed by atoms with E-state index in [-0.39, 0.29) is 5.82 Å². The fourth-order valence-corrected chi connectivity index (χ4v) is 3.29. The fourth-order valence-electron chi connectivity index (χ4n) is 3.29. The topological polar surface area (TPSA) is 43.8 Å². The van der Waals surface area contributed by atoms with Gasteiger partial charge in [0.05, 0.1) is 12.8 Å². The van der Waals surface area contributed by atoms with Crippen molar-refractivity contribution in [1.29, 1.82) is 0 Å². The van der Waals surface area contributed by atoms with Crippen molar-refractivity contribution in [3.63, 3.8) is 0 Å². The molecular weight excluding hydrogens is 323 g/mol. The van der Waals surface area contributed by atoms with E-state index >= 15 is 0 Å². The van der Waals surface area contributed by atoms with Crippen molar-refractivity contribution in [3.8, 4) is 17.4 Å². The third-order valence-corrected chi connectivity index (χ3v) is 4.55. The number of rotatable bonds is 5. The second-order valence-corrected chi connectivity index (χ2v) is 6.49. The molecule has 25 heavy (non-hydrogen) atoms. The van der Waals surface area contributed by atoms with E-state index in [0.29, 0.717) is 31.6 Å². The molecule has 0 spiro atoms. The summed E-state index contributed by atoms with van der Waals surface area (Å²) in [6, 6.07) is 9.09. The number of hydrogen-bond donors (Lipinski definition) is 0. The smallest absolute Gasteiger partial charge is 0.213 e. The first-order valence-electron chi connectivity index (χ1n) is 8.61. The first-order chi connectivity index (χ1) is 12.3. The average Bonchev–Trinajstić information content (AvgIpc) is 3.08. The van der Waals surface area contributed by atoms with E-state index < -0.39 is 0 Å². The van der Waals surface area contributed by atoms with Gasteiger partial charge in [0.1, 0.15) is 19.0 Å². The first-order valence-corrected chi connectivity index (χ1v) is 8.61. The molecule has 2 aliphatic rings. The lowest BCUT2D eigenvalue weighted by Gasteiger charge is -2.21. The maximum Gasteiger partial charge on any atom is 0.213 e. The number of halogens is 1. The molecule has 0 radical (unpaired) electrons. The van der Waals surface area contributed by atoms with Gasteiger partial charge in [0.2, 0.25) is 5.88 Å². The van der Waals surface area contributed by atoms with Crippen LogP contribution in [0.4, 0.5) is 4.39 Å². The number of ether oxygens (including phenoxy) is 3. The number of likely N-dealkylation sites (tertiary alicyclic amines) is 1. The molecule has 1 atom stereocenters. The summed E-state index contributed by atoms with van der Waals surface area (Å²) in [5, 5.41) is 0. The van der Waals surface area contributed by atoms with Crippen molar-refractivity contribution in [3.05, 3.63) is 47.9 Å². The molecule has 1 aromatic heterocycles. The fraction of sp³-hybridized carbons (Fsp3) is 0.421. The molecule has 2 aliphatic heterocycles. The van der Waals surface area contributed by atoms with Gasteiger partial charge >= 0.3 is 0 Å². The van der Waals surface area contributed by atoms with Crippen LogP contribution >= 0.6 is 0 Å². The van der Waals surface area contributed by atoms with Gasteiger partial charge in [-0.05, 0) is 36.7 Å². The minimum atomic E-state index is -0.348. The maximum absolute atomic E-state index is 12.9. The van der Waals surface area contributed by atoms with E-state index in [4.69, 9.17) is 14.2 Å². The number of hydrogen-bond acceptors (Lipinski definition) is 5. The predicted molar refractivity (Wildman–Crippen MR) is 90.5 cm³/mol. The van der Waals surface area contributed by atoms with Crippen LogP contribution in [0.5, 0.6) is 17.4 Å². The standard InChI is InChI=1S/C19H21FN2O3/c20-16-2-4-19(21-10-16)25-13-15-5-6-22(12-15)11-14-1-3-17-18(9-14)24-8-7-23-17/h1-4,9-10,15H,5-8,11-13H2. The van der Waals surface area contributed by atoms with Gasteiger partial charge in [0.15, 0.2) is 11.5 Å². The lowest BCUT2D eigenvalue weighted by Crippen LogP contribution is -2.22. The largest absolute Gasteiger partial charge is 0.486 e. The van der Waals surface area contributed by atoms with E-state index in [1.165, 1.54) is 17.8 Å². The number of fused-ring (bicyclic) bond motifs is 1. The quantitative estimate of drug-likeness (QED) is 0.834. The van der Waals surface area contributed by atoms with Gasteiger partial charge in [-0.1, -0.05) is 6.07 Å². The first kappa shape index (κ1) is 16.1. The van der Waals surface area contributed by atoms with Crippen LogP contribution < -0.4 is 14.2 Å². The molecule has 0 saturated carbocycles. The Balaban J connectivity index is 1.28. The Hall–Kier alpha value is -2.34. The van der Waals surface area contributed by atoms with E-state index in [2.05, 4.69) is 22.0 Å². The van der Waals surface area contributed by atoms with Gasteiger partial charge in [-0.3, -0.25) is 4.90 Å². The van der Waals surface area contributed by atoms with Crippen molar-refractivity contribution in [2.75, 3.05) is 32.9 Å². The van der Waals surface area contributed by atoms with Crippen LogP contribution in [-0.4, -0.2) is 42.8 Å². The summed E-state index contributed by atoms with van der Waals surface area (Å²) in [6.07, 6.45) is 2.27. The van der Waals surface area contributed by atoms with Gasteiger partial charge in [-0.15, -0.1) is 0 Å². The third-order valence-electron chi connectivity index (χ3n) is 4.55. The van der Waals surface area contributed by atoms with Crippen molar-refractivity contribution < 1.29 is 18.6 Å². The zero-order valence-corrected chi connectivity index (χ0v) is 14.0. The van der Waals surface area contributed by atoms with Gasteiger partial charge in [0.25, 0.3) is 0 Å². The molecule has 0 amide bonds. The third kappa shape index (κ3) is 4.02. The molecule has 0 bridgehead atoms. The number of pyridine rings is 1. The Labute approximate surface area is 146 Å². The Morgan fingerprint density at radius 2 is 2.04 bits per heavy atom. The van der Waals surface area contributed by atoms with Crippen LogP contribution in [0.3, 0.4) is 0 Å². The highest BCUT2D eigenvalue weighted by Gasteiger charge is 2.23. The van der Waals surface area contributed by atoms with Crippen LogP contribution in [0.15, 0.2) is 36.5 Å². The second kappa shape index (κ2) is 7.27. The van der Waals surface area contributed by atoms with Crippen LogP contribution in [-0.2, 0) is 6.54 Å². The molecule has 0 N–H and O–H groups in total. The van der Waals surface area contributed by atoms with Crippen molar-refractivity contribution in [1.82, 2.24) is 9.88 Å². The van der Waals surface area contributed by atoms with Crippen molar-refractivity contribution in [2.45, 2.75) is 13.0 Å². The molecular formula is C19H21FN2O3.